The van der Waals surface area contributed by atoms with Gasteiger partial charge in [0.1, 0.15) is 34.8 Å². The maximum atomic E-state index is 15.0. The fourth-order valence-electron chi connectivity index (χ4n) is 6.00. The SMILES string of the molecule is CCCCCCCC1CCC(c2ccc(C(F)(F)Oc3cc(F)c(-c4cc(F)c(C=CC(F)(F)F)c(F)c4)c(F)c3)c(F)c2)CC1. The van der Waals surface area contributed by atoms with Crippen LogP contribution >= 0.6 is 0 Å². The van der Waals surface area contributed by atoms with E-state index < -0.39 is 75.5 Å². The molecule has 3 aromatic rings. The van der Waals surface area contributed by atoms with Crippen LogP contribution in [0, 0.1) is 35.0 Å². The normalized spacial score (nSPS) is 17.5. The molecule has 250 valence electrons. The smallest absolute Gasteiger partial charge is 0.429 e. The Morgan fingerprint density at radius 1 is 0.717 bits per heavy atom. The maximum Gasteiger partial charge on any atom is 0.429 e. The number of benzene rings is 3. The molecular formula is C35H34F10O. The quantitative estimate of drug-likeness (QED) is 0.139. The fourth-order valence-corrected chi connectivity index (χ4v) is 6.00. The largest absolute Gasteiger partial charge is 0.429 e. The summed E-state index contributed by atoms with van der Waals surface area (Å²) in [4.78, 5) is 0. The molecule has 0 bridgehead atoms. The summed E-state index contributed by atoms with van der Waals surface area (Å²) in [5, 5.41) is 0. The van der Waals surface area contributed by atoms with Gasteiger partial charge in [-0.3, -0.25) is 0 Å². The first-order valence-electron chi connectivity index (χ1n) is 15.3. The highest BCUT2D eigenvalue weighted by molar-refractivity contribution is 5.68. The minimum absolute atomic E-state index is 0.0227. The predicted molar refractivity (Wildman–Crippen MR) is 156 cm³/mol. The summed E-state index contributed by atoms with van der Waals surface area (Å²) in [7, 11) is 0. The third-order valence-corrected chi connectivity index (χ3v) is 8.41. The molecule has 1 aliphatic carbocycles. The van der Waals surface area contributed by atoms with Crippen molar-refractivity contribution in [1.29, 1.82) is 0 Å². The maximum absolute atomic E-state index is 15.0. The summed E-state index contributed by atoms with van der Waals surface area (Å²) in [6, 6.07) is 4.76. The molecule has 0 N–H and O–H groups in total. The minimum Gasteiger partial charge on any atom is -0.429 e. The number of ether oxygens (including phenoxy) is 1. The zero-order valence-electron chi connectivity index (χ0n) is 25.1. The molecule has 0 unspecified atom stereocenters. The van der Waals surface area contributed by atoms with Gasteiger partial charge in [0.2, 0.25) is 0 Å². The van der Waals surface area contributed by atoms with Crippen LogP contribution in [0.5, 0.6) is 5.75 Å². The lowest BCUT2D eigenvalue weighted by molar-refractivity contribution is -0.187. The summed E-state index contributed by atoms with van der Waals surface area (Å²) in [5.41, 5.74) is -3.44. The van der Waals surface area contributed by atoms with Crippen molar-refractivity contribution in [2.75, 3.05) is 0 Å². The number of hydrogen-bond donors (Lipinski definition) is 0. The van der Waals surface area contributed by atoms with Crippen LogP contribution in [0.15, 0.2) is 48.5 Å². The molecule has 3 aromatic carbocycles. The van der Waals surface area contributed by atoms with Crippen molar-refractivity contribution in [3.8, 4) is 16.9 Å². The van der Waals surface area contributed by atoms with Gasteiger partial charge in [-0.25, -0.2) is 22.0 Å². The molecule has 0 aliphatic heterocycles. The highest BCUT2D eigenvalue weighted by atomic mass is 19.4. The number of alkyl halides is 5. The monoisotopic (exact) mass is 660 g/mol. The van der Waals surface area contributed by atoms with E-state index in [1.54, 1.807) is 0 Å². The van der Waals surface area contributed by atoms with E-state index in [0.717, 1.165) is 44.2 Å². The summed E-state index contributed by atoms with van der Waals surface area (Å²) < 4.78 is 145. The van der Waals surface area contributed by atoms with Crippen LogP contribution in [-0.4, -0.2) is 6.18 Å². The van der Waals surface area contributed by atoms with Gasteiger partial charge in [-0.1, -0.05) is 51.5 Å². The van der Waals surface area contributed by atoms with Gasteiger partial charge in [0.25, 0.3) is 0 Å². The van der Waals surface area contributed by atoms with Gasteiger partial charge >= 0.3 is 12.3 Å². The second-order valence-electron chi connectivity index (χ2n) is 11.8. The first kappa shape index (κ1) is 35.4. The molecule has 1 fully saturated rings. The molecular weight excluding hydrogens is 626 g/mol. The molecule has 1 nitrogen and oxygen atoms in total. The van der Waals surface area contributed by atoms with Crippen molar-refractivity contribution < 1.29 is 48.6 Å². The average molecular weight is 661 g/mol. The second-order valence-corrected chi connectivity index (χ2v) is 11.8. The summed E-state index contributed by atoms with van der Waals surface area (Å²) >= 11 is 0. The lowest BCUT2D eigenvalue weighted by Gasteiger charge is -2.29. The molecule has 0 heterocycles. The first-order valence-corrected chi connectivity index (χ1v) is 15.3. The molecule has 0 radical (unpaired) electrons. The molecule has 46 heavy (non-hydrogen) atoms. The Morgan fingerprint density at radius 2 is 1.33 bits per heavy atom. The molecule has 0 saturated heterocycles. The standard InChI is InChI=1S/C35H34F10O/c1-2-3-4-5-6-7-21-8-10-22(11-9-21)23-12-13-27(30(38)16-23)35(44,45)46-25-19-31(39)33(32(40)20-25)24-17-28(36)26(29(37)18-24)14-15-34(41,42)43/h12-22H,2-11H2,1H3. The van der Waals surface area contributed by atoms with Crippen LogP contribution in [0.2, 0.25) is 0 Å². The van der Waals surface area contributed by atoms with Crippen molar-refractivity contribution in [3.63, 3.8) is 0 Å². The Bertz CT molecular complexity index is 1470. The molecule has 0 atom stereocenters. The highest BCUT2D eigenvalue weighted by Gasteiger charge is 2.39. The third-order valence-electron chi connectivity index (χ3n) is 8.41. The van der Waals surface area contributed by atoms with Crippen LogP contribution in [0.1, 0.15) is 93.7 Å². The van der Waals surface area contributed by atoms with Crippen LogP contribution in [0.4, 0.5) is 43.9 Å². The zero-order chi connectivity index (χ0) is 33.6. The van der Waals surface area contributed by atoms with E-state index in [1.165, 1.54) is 38.2 Å². The topological polar surface area (TPSA) is 9.23 Å². The van der Waals surface area contributed by atoms with Crippen LogP contribution in [-0.2, 0) is 6.11 Å². The number of allylic oxidation sites excluding steroid dienone is 1. The first-order chi connectivity index (χ1) is 21.7. The molecule has 1 aliphatic rings. The number of rotatable bonds is 12. The van der Waals surface area contributed by atoms with Gasteiger partial charge < -0.3 is 4.74 Å². The van der Waals surface area contributed by atoms with Gasteiger partial charge in [0.05, 0.1) is 11.1 Å². The molecule has 4 rings (SSSR count). The van der Waals surface area contributed by atoms with E-state index in [9.17, 15) is 35.1 Å². The van der Waals surface area contributed by atoms with Crippen LogP contribution < -0.4 is 4.74 Å². The minimum atomic E-state index is -4.87. The summed E-state index contributed by atoms with van der Waals surface area (Å²) in [6.07, 6.45) is 1.27. The van der Waals surface area contributed by atoms with E-state index in [1.807, 2.05) is 0 Å². The summed E-state index contributed by atoms with van der Waals surface area (Å²) in [5.74, 6) is -7.88. The number of unbranched alkanes of at least 4 members (excludes halogenated alkanes) is 4. The Morgan fingerprint density at radius 3 is 1.89 bits per heavy atom. The molecule has 1 saturated carbocycles. The Balaban J connectivity index is 1.44. The number of halogens is 10. The van der Waals surface area contributed by atoms with E-state index in [4.69, 9.17) is 0 Å². The second kappa shape index (κ2) is 14.9. The molecule has 11 heteroatoms. The van der Waals surface area contributed by atoms with Crippen molar-refractivity contribution in [2.24, 2.45) is 5.92 Å². The van der Waals surface area contributed by atoms with Crippen molar-refractivity contribution in [3.05, 3.63) is 94.3 Å². The third kappa shape index (κ3) is 9.06. The van der Waals surface area contributed by atoms with Gasteiger partial charge in [0.15, 0.2) is 0 Å². The van der Waals surface area contributed by atoms with Crippen molar-refractivity contribution in [2.45, 2.75) is 89.3 Å². The Labute approximate surface area is 261 Å². The fraction of sp³-hybridized carbons (Fsp3) is 0.429. The predicted octanol–water partition coefficient (Wildman–Crippen LogP) is 12.4. The van der Waals surface area contributed by atoms with Crippen molar-refractivity contribution >= 4 is 6.08 Å². The number of hydrogen-bond acceptors (Lipinski definition) is 1. The highest BCUT2D eigenvalue weighted by Crippen LogP contribution is 2.41. The molecule has 0 amide bonds. The Hall–Kier alpha value is -3.50. The van der Waals surface area contributed by atoms with Gasteiger partial charge in [0, 0.05) is 23.8 Å². The lowest BCUT2D eigenvalue weighted by atomic mass is 9.77. The van der Waals surface area contributed by atoms with Crippen molar-refractivity contribution in [1.82, 2.24) is 0 Å². The van der Waals surface area contributed by atoms with Crippen LogP contribution in [0.25, 0.3) is 17.2 Å². The van der Waals surface area contributed by atoms with E-state index in [-0.39, 0.29) is 12.0 Å². The van der Waals surface area contributed by atoms with Gasteiger partial charge in [-0.05, 0) is 79.0 Å². The van der Waals surface area contributed by atoms with Crippen LogP contribution in [0.3, 0.4) is 0 Å². The van der Waals surface area contributed by atoms with E-state index >= 15 is 8.78 Å². The zero-order valence-corrected chi connectivity index (χ0v) is 25.1. The van der Waals surface area contributed by atoms with E-state index in [0.29, 0.717) is 35.7 Å². The lowest BCUT2D eigenvalue weighted by Crippen LogP contribution is -2.24. The Kier molecular flexibility index (Phi) is 11.5. The summed E-state index contributed by atoms with van der Waals surface area (Å²) in [6.45, 7) is 2.17. The average Bonchev–Trinajstić information content (AvgIpc) is 2.95. The van der Waals surface area contributed by atoms with Gasteiger partial charge in [-0.2, -0.15) is 22.0 Å². The molecule has 0 aromatic heterocycles. The molecule has 0 spiro atoms. The van der Waals surface area contributed by atoms with Gasteiger partial charge in [-0.15, -0.1) is 0 Å². The van der Waals surface area contributed by atoms with E-state index in [2.05, 4.69) is 11.7 Å².